The Labute approximate surface area is 170 Å². The van der Waals surface area contributed by atoms with Gasteiger partial charge in [-0.05, 0) is 30.3 Å². The highest BCUT2D eigenvalue weighted by atomic mass is 16.5. The molecule has 0 spiro atoms. The maximum atomic E-state index is 12.7. The Balaban J connectivity index is 1.75. The maximum Gasteiger partial charge on any atom is 0.262 e. The molecule has 0 atom stereocenters. The van der Waals surface area contributed by atoms with Gasteiger partial charge in [0.25, 0.3) is 5.56 Å². The van der Waals surface area contributed by atoms with Gasteiger partial charge < -0.3 is 14.5 Å². The first-order chi connectivity index (χ1) is 14.7. The van der Waals surface area contributed by atoms with Crippen molar-refractivity contribution in [1.29, 1.82) is 0 Å². The Kier molecular flexibility index (Phi) is 4.17. The maximum absolute atomic E-state index is 12.7. The molecule has 0 aliphatic heterocycles. The van der Waals surface area contributed by atoms with E-state index in [2.05, 4.69) is 15.1 Å². The SMILES string of the molecule is COc1ccc2cc(-c3nc4c(cnn4-c4ccccc4)c(=O)[nH]3)c(OC)nc2c1. The highest BCUT2D eigenvalue weighted by Gasteiger charge is 2.17. The van der Waals surface area contributed by atoms with Crippen molar-refractivity contribution in [2.24, 2.45) is 0 Å². The first-order valence-electron chi connectivity index (χ1n) is 9.24. The highest BCUT2D eigenvalue weighted by Crippen LogP contribution is 2.31. The molecule has 3 aromatic heterocycles. The number of rotatable bonds is 4. The van der Waals surface area contributed by atoms with Gasteiger partial charge in [0, 0.05) is 11.5 Å². The molecule has 8 heteroatoms. The van der Waals surface area contributed by atoms with E-state index < -0.39 is 0 Å². The van der Waals surface area contributed by atoms with Crippen LogP contribution in [0.5, 0.6) is 11.6 Å². The molecule has 0 amide bonds. The van der Waals surface area contributed by atoms with Gasteiger partial charge in [-0.25, -0.2) is 14.6 Å². The van der Waals surface area contributed by atoms with Crippen LogP contribution >= 0.6 is 0 Å². The number of methoxy groups -OCH3 is 2. The largest absolute Gasteiger partial charge is 0.497 e. The number of nitrogens with zero attached hydrogens (tertiary/aromatic N) is 4. The average Bonchev–Trinajstić information content (AvgIpc) is 3.23. The second-order valence-corrected chi connectivity index (χ2v) is 6.65. The minimum atomic E-state index is -0.283. The standard InChI is InChI=1S/C22H17N5O3/c1-29-15-9-8-13-10-16(22(30-2)24-18(13)11-15)19-25-20-17(21(28)26-19)12-23-27(20)14-6-4-3-5-7-14/h3-12H,1-2H3,(H,25,26,28). The van der Waals surface area contributed by atoms with Crippen LogP contribution in [0.3, 0.4) is 0 Å². The van der Waals surface area contributed by atoms with E-state index >= 15 is 0 Å². The summed E-state index contributed by atoms with van der Waals surface area (Å²) in [7, 11) is 3.13. The molecule has 2 aromatic carbocycles. The van der Waals surface area contributed by atoms with Gasteiger partial charge in [-0.3, -0.25) is 4.79 Å². The molecule has 1 N–H and O–H groups in total. The predicted molar refractivity (Wildman–Crippen MR) is 113 cm³/mol. The van der Waals surface area contributed by atoms with E-state index in [1.807, 2.05) is 54.6 Å². The van der Waals surface area contributed by atoms with Crippen LogP contribution in [0.25, 0.3) is 39.0 Å². The topological polar surface area (TPSA) is 94.9 Å². The number of para-hydroxylation sites is 1. The van der Waals surface area contributed by atoms with E-state index in [4.69, 9.17) is 14.5 Å². The second-order valence-electron chi connectivity index (χ2n) is 6.65. The number of H-pyrrole nitrogens is 1. The predicted octanol–water partition coefficient (Wildman–Crippen LogP) is 3.34. The Bertz CT molecular complexity index is 1440. The van der Waals surface area contributed by atoms with Gasteiger partial charge >= 0.3 is 0 Å². The summed E-state index contributed by atoms with van der Waals surface area (Å²) in [6.07, 6.45) is 1.51. The van der Waals surface area contributed by atoms with Crippen LogP contribution in [0.4, 0.5) is 0 Å². The van der Waals surface area contributed by atoms with Crippen LogP contribution in [-0.4, -0.2) is 39.0 Å². The van der Waals surface area contributed by atoms with Gasteiger partial charge in [-0.1, -0.05) is 18.2 Å². The summed E-state index contributed by atoms with van der Waals surface area (Å²) < 4.78 is 12.4. The summed E-state index contributed by atoms with van der Waals surface area (Å²) in [6.45, 7) is 0. The summed E-state index contributed by atoms with van der Waals surface area (Å²) in [4.78, 5) is 24.8. The molecule has 0 unspecified atom stereocenters. The fourth-order valence-electron chi connectivity index (χ4n) is 3.39. The Morgan fingerprint density at radius 2 is 1.80 bits per heavy atom. The summed E-state index contributed by atoms with van der Waals surface area (Å²) >= 11 is 0. The molecule has 30 heavy (non-hydrogen) atoms. The van der Waals surface area contributed by atoms with E-state index in [1.165, 1.54) is 13.3 Å². The van der Waals surface area contributed by atoms with E-state index in [0.29, 0.717) is 39.6 Å². The van der Waals surface area contributed by atoms with Crippen molar-refractivity contribution >= 4 is 21.9 Å². The quantitative estimate of drug-likeness (QED) is 0.498. The average molecular weight is 399 g/mol. The zero-order valence-electron chi connectivity index (χ0n) is 16.3. The monoisotopic (exact) mass is 399 g/mol. The van der Waals surface area contributed by atoms with Gasteiger partial charge in [0.1, 0.15) is 17.0 Å². The van der Waals surface area contributed by atoms with Crippen molar-refractivity contribution < 1.29 is 9.47 Å². The van der Waals surface area contributed by atoms with Crippen LogP contribution in [0.2, 0.25) is 0 Å². The molecule has 3 heterocycles. The number of hydrogen-bond donors (Lipinski definition) is 1. The zero-order chi connectivity index (χ0) is 20.7. The van der Waals surface area contributed by atoms with Gasteiger partial charge in [0.2, 0.25) is 5.88 Å². The van der Waals surface area contributed by atoms with Crippen LogP contribution in [0.15, 0.2) is 65.6 Å². The molecule has 148 valence electrons. The normalized spacial score (nSPS) is 11.1. The van der Waals surface area contributed by atoms with Crippen LogP contribution in [0, 0.1) is 0 Å². The first-order valence-corrected chi connectivity index (χ1v) is 9.24. The number of fused-ring (bicyclic) bond motifs is 2. The van der Waals surface area contributed by atoms with E-state index in [0.717, 1.165) is 11.1 Å². The van der Waals surface area contributed by atoms with E-state index in [9.17, 15) is 4.79 Å². The highest BCUT2D eigenvalue weighted by molar-refractivity contribution is 5.87. The fraction of sp³-hybridized carbons (Fsp3) is 0.0909. The Morgan fingerprint density at radius 3 is 2.57 bits per heavy atom. The Hall–Kier alpha value is -4.20. The van der Waals surface area contributed by atoms with E-state index in [1.54, 1.807) is 11.8 Å². The second kappa shape index (κ2) is 7.00. The zero-order valence-corrected chi connectivity index (χ0v) is 16.3. The number of pyridine rings is 1. The minimum Gasteiger partial charge on any atom is -0.497 e. The summed E-state index contributed by atoms with van der Waals surface area (Å²) in [6, 6.07) is 17.0. The third kappa shape index (κ3) is 2.86. The minimum absolute atomic E-state index is 0.283. The molecule has 8 nitrogen and oxygen atoms in total. The van der Waals surface area contributed by atoms with Gasteiger partial charge in [0.05, 0.1) is 37.2 Å². The van der Waals surface area contributed by atoms with Crippen molar-refractivity contribution in [1.82, 2.24) is 24.7 Å². The van der Waals surface area contributed by atoms with E-state index in [-0.39, 0.29) is 5.56 Å². The van der Waals surface area contributed by atoms with Crippen LogP contribution < -0.4 is 15.0 Å². The van der Waals surface area contributed by atoms with Gasteiger partial charge in [-0.2, -0.15) is 5.10 Å². The number of aromatic amines is 1. The first kappa shape index (κ1) is 17.9. The molecule has 0 bridgehead atoms. The number of hydrogen-bond acceptors (Lipinski definition) is 6. The molecule has 0 radical (unpaired) electrons. The number of benzene rings is 2. The summed E-state index contributed by atoms with van der Waals surface area (Å²) in [5, 5.41) is 5.62. The van der Waals surface area contributed by atoms with Crippen molar-refractivity contribution in [3.8, 4) is 28.7 Å². The fourth-order valence-corrected chi connectivity index (χ4v) is 3.39. The van der Waals surface area contributed by atoms with Crippen molar-refractivity contribution in [2.45, 2.75) is 0 Å². The smallest absolute Gasteiger partial charge is 0.262 e. The summed E-state index contributed by atoms with van der Waals surface area (Å²) in [5.74, 6) is 1.40. The lowest BCUT2D eigenvalue weighted by Gasteiger charge is -2.10. The molecule has 0 saturated heterocycles. The molecule has 0 fully saturated rings. The number of ether oxygens (including phenoxy) is 2. The third-order valence-corrected chi connectivity index (χ3v) is 4.88. The molecule has 5 rings (SSSR count). The van der Waals surface area contributed by atoms with Crippen molar-refractivity contribution in [3.63, 3.8) is 0 Å². The molecular formula is C22H17N5O3. The lowest BCUT2D eigenvalue weighted by atomic mass is 10.1. The van der Waals surface area contributed by atoms with Crippen LogP contribution in [0.1, 0.15) is 0 Å². The van der Waals surface area contributed by atoms with Gasteiger partial charge in [-0.15, -0.1) is 0 Å². The van der Waals surface area contributed by atoms with Crippen molar-refractivity contribution in [2.75, 3.05) is 14.2 Å². The molecule has 5 aromatic rings. The molecule has 0 saturated carbocycles. The lowest BCUT2D eigenvalue weighted by Crippen LogP contribution is -2.11. The molecular weight excluding hydrogens is 382 g/mol. The van der Waals surface area contributed by atoms with Crippen molar-refractivity contribution in [3.05, 3.63) is 71.1 Å². The molecule has 0 aliphatic carbocycles. The number of aromatic nitrogens is 5. The number of nitrogens with one attached hydrogen (secondary N) is 1. The Morgan fingerprint density at radius 1 is 0.967 bits per heavy atom. The third-order valence-electron chi connectivity index (χ3n) is 4.88. The van der Waals surface area contributed by atoms with Crippen LogP contribution in [-0.2, 0) is 0 Å². The van der Waals surface area contributed by atoms with Gasteiger partial charge in [0.15, 0.2) is 5.65 Å². The molecule has 0 aliphatic rings. The lowest BCUT2D eigenvalue weighted by molar-refractivity contribution is 0.400. The summed E-state index contributed by atoms with van der Waals surface area (Å²) in [5.41, 5.74) is 2.28.